The lowest BCUT2D eigenvalue weighted by Gasteiger charge is -2.25. The van der Waals surface area contributed by atoms with Gasteiger partial charge in [-0.15, -0.1) is 12.4 Å². The van der Waals surface area contributed by atoms with Gasteiger partial charge in [0.25, 0.3) is 0 Å². The van der Waals surface area contributed by atoms with Crippen molar-refractivity contribution in [1.29, 1.82) is 0 Å². The fraction of sp³-hybridized carbons (Fsp3) is 0.316. The third-order valence-corrected chi connectivity index (χ3v) is 3.93. The number of aryl methyl sites for hydroxylation is 1. The Kier molecular flexibility index (Phi) is 7.75. The van der Waals surface area contributed by atoms with Gasteiger partial charge in [-0.2, -0.15) is 0 Å². The zero-order chi connectivity index (χ0) is 16.8. The van der Waals surface area contributed by atoms with E-state index in [2.05, 4.69) is 0 Å². The van der Waals surface area contributed by atoms with E-state index in [4.69, 9.17) is 10.5 Å². The number of benzene rings is 2. The number of hydrogen-bond donors (Lipinski definition) is 1. The summed E-state index contributed by atoms with van der Waals surface area (Å²) >= 11 is 0. The summed E-state index contributed by atoms with van der Waals surface area (Å²) in [6.45, 7) is 5.13. The molecule has 2 aromatic carbocycles. The lowest BCUT2D eigenvalue weighted by atomic mass is 10.0. The summed E-state index contributed by atoms with van der Waals surface area (Å²) in [5, 5.41) is 0. The summed E-state index contributed by atoms with van der Waals surface area (Å²) in [5.74, 6) is 0.742. The minimum absolute atomic E-state index is 0. The van der Waals surface area contributed by atoms with Crippen LogP contribution >= 0.6 is 12.4 Å². The number of nitrogens with zero attached hydrogens (tertiary/aromatic N) is 1. The number of methoxy groups -OCH3 is 1. The molecule has 0 heterocycles. The monoisotopic (exact) mass is 348 g/mol. The number of carbonyl (C=O) groups is 1. The second kappa shape index (κ2) is 9.30. The molecule has 2 rings (SSSR count). The molecule has 1 unspecified atom stereocenters. The molecule has 0 spiro atoms. The van der Waals surface area contributed by atoms with Crippen LogP contribution in [0.2, 0.25) is 0 Å². The minimum atomic E-state index is -0.631. The van der Waals surface area contributed by atoms with Gasteiger partial charge >= 0.3 is 0 Å². The fourth-order valence-corrected chi connectivity index (χ4v) is 2.41. The van der Waals surface area contributed by atoms with E-state index in [-0.39, 0.29) is 18.3 Å². The predicted molar refractivity (Wildman–Crippen MR) is 99.4 cm³/mol. The van der Waals surface area contributed by atoms with E-state index < -0.39 is 6.04 Å². The van der Waals surface area contributed by atoms with E-state index in [1.165, 1.54) is 0 Å². The van der Waals surface area contributed by atoms with Crippen LogP contribution in [-0.4, -0.2) is 24.5 Å². The number of likely N-dealkylation sites (N-methyl/N-ethyl adjacent to an activating group) is 1. The molecule has 2 N–H and O–H groups in total. The molecular weight excluding hydrogens is 324 g/mol. The second-order valence-corrected chi connectivity index (χ2v) is 5.59. The van der Waals surface area contributed by atoms with E-state index in [1.807, 2.05) is 62.4 Å². The molecule has 0 radical (unpaired) electrons. The number of hydrogen-bond acceptors (Lipinski definition) is 3. The summed E-state index contributed by atoms with van der Waals surface area (Å²) in [4.78, 5) is 14.4. The SMILES string of the molecule is CCN(Cc1ccc(OC)cc1)C(=O)C(N)c1ccc(C)cc1.Cl. The molecule has 0 saturated heterocycles. The molecule has 24 heavy (non-hydrogen) atoms. The van der Waals surface area contributed by atoms with E-state index in [1.54, 1.807) is 12.0 Å². The van der Waals surface area contributed by atoms with Gasteiger partial charge < -0.3 is 15.4 Å². The van der Waals surface area contributed by atoms with Crippen molar-refractivity contribution in [1.82, 2.24) is 4.90 Å². The normalized spacial score (nSPS) is 11.3. The molecule has 2 aromatic rings. The lowest BCUT2D eigenvalue weighted by molar-refractivity contribution is -0.133. The Hall–Kier alpha value is -2.04. The third kappa shape index (κ3) is 4.98. The van der Waals surface area contributed by atoms with E-state index in [0.717, 1.165) is 22.4 Å². The molecular formula is C19H25ClN2O2. The molecule has 1 amide bonds. The van der Waals surface area contributed by atoms with Crippen LogP contribution in [0.5, 0.6) is 5.75 Å². The van der Waals surface area contributed by atoms with Gasteiger partial charge in [0.15, 0.2) is 0 Å². The average Bonchev–Trinajstić information content (AvgIpc) is 2.59. The first kappa shape index (κ1) is 20.0. The highest BCUT2D eigenvalue weighted by Crippen LogP contribution is 2.17. The smallest absolute Gasteiger partial charge is 0.244 e. The fourth-order valence-electron chi connectivity index (χ4n) is 2.41. The third-order valence-electron chi connectivity index (χ3n) is 3.93. The molecule has 5 heteroatoms. The number of ether oxygens (including phenoxy) is 1. The molecule has 0 saturated carbocycles. The van der Waals surface area contributed by atoms with Crippen molar-refractivity contribution in [2.45, 2.75) is 26.4 Å². The molecule has 4 nitrogen and oxygen atoms in total. The Bertz CT molecular complexity index is 641. The van der Waals surface area contributed by atoms with Crippen LogP contribution in [0.3, 0.4) is 0 Å². The highest BCUT2D eigenvalue weighted by molar-refractivity contribution is 5.85. The van der Waals surface area contributed by atoms with Gasteiger partial charge in [0.1, 0.15) is 11.8 Å². The summed E-state index contributed by atoms with van der Waals surface area (Å²) < 4.78 is 5.15. The lowest BCUT2D eigenvalue weighted by Crippen LogP contribution is -2.38. The first-order valence-electron chi connectivity index (χ1n) is 7.79. The van der Waals surface area contributed by atoms with Crippen LogP contribution < -0.4 is 10.5 Å². The molecule has 1 atom stereocenters. The van der Waals surface area contributed by atoms with Crippen LogP contribution in [0, 0.1) is 6.92 Å². The minimum Gasteiger partial charge on any atom is -0.497 e. The van der Waals surface area contributed by atoms with E-state index in [0.29, 0.717) is 13.1 Å². The van der Waals surface area contributed by atoms with Crippen molar-refractivity contribution in [3.05, 3.63) is 65.2 Å². The first-order chi connectivity index (χ1) is 11.0. The van der Waals surface area contributed by atoms with Crippen molar-refractivity contribution in [2.75, 3.05) is 13.7 Å². The number of rotatable bonds is 6. The van der Waals surface area contributed by atoms with E-state index >= 15 is 0 Å². The van der Waals surface area contributed by atoms with Gasteiger partial charge in [-0.1, -0.05) is 42.0 Å². The van der Waals surface area contributed by atoms with Crippen molar-refractivity contribution in [3.63, 3.8) is 0 Å². The molecule has 0 aliphatic heterocycles. The molecule has 0 bridgehead atoms. The van der Waals surface area contributed by atoms with E-state index in [9.17, 15) is 4.79 Å². The van der Waals surface area contributed by atoms with Gasteiger partial charge in [-0.3, -0.25) is 4.79 Å². The molecule has 0 fully saturated rings. The summed E-state index contributed by atoms with van der Waals surface area (Å²) in [6.07, 6.45) is 0. The maximum atomic E-state index is 12.7. The Morgan fingerprint density at radius 3 is 2.21 bits per heavy atom. The number of amides is 1. The quantitative estimate of drug-likeness (QED) is 0.869. The van der Waals surface area contributed by atoms with Crippen molar-refractivity contribution in [3.8, 4) is 5.75 Å². The second-order valence-electron chi connectivity index (χ2n) is 5.59. The average molecular weight is 349 g/mol. The van der Waals surface area contributed by atoms with Crippen molar-refractivity contribution < 1.29 is 9.53 Å². The van der Waals surface area contributed by atoms with Gasteiger partial charge in [-0.25, -0.2) is 0 Å². The Morgan fingerprint density at radius 2 is 1.71 bits per heavy atom. The molecule has 130 valence electrons. The van der Waals surface area contributed by atoms with Crippen LogP contribution in [0.1, 0.15) is 29.7 Å². The Morgan fingerprint density at radius 1 is 1.12 bits per heavy atom. The first-order valence-corrected chi connectivity index (χ1v) is 7.79. The maximum Gasteiger partial charge on any atom is 0.244 e. The molecule has 0 aliphatic carbocycles. The number of carbonyl (C=O) groups excluding carboxylic acids is 1. The van der Waals surface area contributed by atoms with Crippen LogP contribution in [0.4, 0.5) is 0 Å². The Balaban J connectivity index is 0.00000288. The standard InChI is InChI=1S/C19H24N2O2.ClH/c1-4-21(13-15-7-11-17(23-3)12-8-15)19(22)18(20)16-9-5-14(2)6-10-16;/h5-12,18H,4,13,20H2,1-3H3;1H. The van der Waals surface area contributed by atoms with Crippen molar-refractivity contribution in [2.24, 2.45) is 5.73 Å². The van der Waals surface area contributed by atoms with Crippen LogP contribution in [0.25, 0.3) is 0 Å². The van der Waals surface area contributed by atoms with Gasteiger partial charge in [0.2, 0.25) is 5.91 Å². The predicted octanol–water partition coefficient (Wildman–Crippen LogP) is 3.47. The summed E-state index contributed by atoms with van der Waals surface area (Å²) in [7, 11) is 1.64. The Labute approximate surface area is 150 Å². The summed E-state index contributed by atoms with van der Waals surface area (Å²) in [5.41, 5.74) is 9.20. The summed E-state index contributed by atoms with van der Waals surface area (Å²) in [6, 6.07) is 14.9. The molecule has 0 aromatic heterocycles. The van der Waals surface area contributed by atoms with Gasteiger partial charge in [0.05, 0.1) is 7.11 Å². The highest BCUT2D eigenvalue weighted by Gasteiger charge is 2.21. The van der Waals surface area contributed by atoms with Crippen LogP contribution in [0.15, 0.2) is 48.5 Å². The van der Waals surface area contributed by atoms with Gasteiger partial charge in [-0.05, 0) is 37.1 Å². The topological polar surface area (TPSA) is 55.6 Å². The highest BCUT2D eigenvalue weighted by atomic mass is 35.5. The number of halogens is 1. The van der Waals surface area contributed by atoms with Gasteiger partial charge in [0, 0.05) is 13.1 Å². The maximum absolute atomic E-state index is 12.7. The zero-order valence-corrected chi connectivity index (χ0v) is 15.2. The number of nitrogens with two attached hydrogens (primary N) is 1. The zero-order valence-electron chi connectivity index (χ0n) is 14.4. The largest absolute Gasteiger partial charge is 0.497 e. The van der Waals surface area contributed by atoms with Crippen molar-refractivity contribution >= 4 is 18.3 Å². The van der Waals surface area contributed by atoms with Crippen LogP contribution in [-0.2, 0) is 11.3 Å². The molecule has 0 aliphatic rings.